The molecule has 1 unspecified atom stereocenters. The minimum atomic E-state index is -1.53. The maximum Gasteiger partial charge on any atom is 0.331 e. The lowest BCUT2D eigenvalue weighted by atomic mass is 9.98. The largest absolute Gasteiger partial charge is 0.465 e. The van der Waals surface area contributed by atoms with Gasteiger partial charge in [0.25, 0.3) is 0 Å². The van der Waals surface area contributed by atoms with Crippen LogP contribution in [-0.4, -0.2) is 28.1 Å². The average molecular weight is 403 g/mol. The van der Waals surface area contributed by atoms with Gasteiger partial charge in [0.2, 0.25) is 11.7 Å². The standard InChI is InChI=1S/C22H17N3O3S/c1-2-28-22(27)16(12-23)21(26)19-17-13-29-18-11-7-6-10-15(18)20(17)25(24-19)14-8-4-3-5-9-14/h3-11,16H,2,13H2,1H3. The van der Waals surface area contributed by atoms with Crippen molar-refractivity contribution in [3.05, 3.63) is 65.9 Å². The van der Waals surface area contributed by atoms with Gasteiger partial charge in [0.1, 0.15) is 5.69 Å². The summed E-state index contributed by atoms with van der Waals surface area (Å²) in [7, 11) is 0. The number of nitriles is 1. The van der Waals surface area contributed by atoms with E-state index in [1.54, 1.807) is 29.4 Å². The van der Waals surface area contributed by atoms with Crippen LogP contribution in [0.25, 0.3) is 16.9 Å². The van der Waals surface area contributed by atoms with Gasteiger partial charge in [-0.05, 0) is 25.1 Å². The zero-order valence-corrected chi connectivity index (χ0v) is 16.5. The number of rotatable bonds is 5. The third-order valence-corrected chi connectivity index (χ3v) is 5.75. The Bertz CT molecular complexity index is 1130. The first kappa shape index (κ1) is 19.0. The van der Waals surface area contributed by atoms with Crippen LogP contribution in [0.1, 0.15) is 23.0 Å². The third kappa shape index (κ3) is 3.32. The Morgan fingerprint density at radius 3 is 2.66 bits per heavy atom. The molecule has 1 atom stereocenters. The molecule has 144 valence electrons. The van der Waals surface area contributed by atoms with Gasteiger partial charge in [-0.1, -0.05) is 36.4 Å². The van der Waals surface area contributed by atoms with Crippen LogP contribution < -0.4 is 0 Å². The van der Waals surface area contributed by atoms with Crippen LogP contribution in [0.3, 0.4) is 0 Å². The van der Waals surface area contributed by atoms with Crippen molar-refractivity contribution in [1.29, 1.82) is 5.26 Å². The van der Waals surface area contributed by atoms with E-state index in [1.165, 1.54) is 0 Å². The smallest absolute Gasteiger partial charge is 0.331 e. The average Bonchev–Trinajstić information content (AvgIpc) is 3.15. The predicted octanol–water partition coefficient (Wildman–Crippen LogP) is 4.03. The molecular weight excluding hydrogens is 386 g/mol. The molecule has 0 radical (unpaired) electrons. The molecule has 4 rings (SSSR count). The fourth-order valence-corrected chi connectivity index (χ4v) is 4.40. The van der Waals surface area contributed by atoms with E-state index in [9.17, 15) is 14.9 Å². The Balaban J connectivity index is 1.90. The van der Waals surface area contributed by atoms with Crippen LogP contribution in [-0.2, 0) is 15.3 Å². The first-order valence-corrected chi connectivity index (χ1v) is 10.1. The number of hydrogen-bond donors (Lipinski definition) is 0. The molecule has 3 aromatic rings. The fraction of sp³-hybridized carbons (Fsp3) is 0.182. The number of hydrogen-bond acceptors (Lipinski definition) is 6. The number of aromatic nitrogens is 2. The van der Waals surface area contributed by atoms with Gasteiger partial charge >= 0.3 is 5.97 Å². The Labute approximate surface area is 172 Å². The molecule has 1 aromatic heterocycles. The van der Waals surface area contributed by atoms with E-state index >= 15 is 0 Å². The number of para-hydroxylation sites is 1. The second kappa shape index (κ2) is 7.94. The summed E-state index contributed by atoms with van der Waals surface area (Å²) in [6.07, 6.45) is 0. The Hall–Kier alpha value is -3.37. The fourth-order valence-electron chi connectivity index (χ4n) is 3.34. The molecule has 0 aliphatic carbocycles. The molecule has 29 heavy (non-hydrogen) atoms. The lowest BCUT2D eigenvalue weighted by Crippen LogP contribution is -2.26. The molecule has 2 aromatic carbocycles. The minimum Gasteiger partial charge on any atom is -0.465 e. The predicted molar refractivity (Wildman–Crippen MR) is 109 cm³/mol. The highest BCUT2D eigenvalue weighted by Gasteiger charge is 2.36. The van der Waals surface area contributed by atoms with E-state index < -0.39 is 17.7 Å². The zero-order valence-electron chi connectivity index (χ0n) is 15.7. The van der Waals surface area contributed by atoms with Gasteiger partial charge in [0.05, 0.1) is 24.1 Å². The number of ketones is 1. The molecular formula is C22H17N3O3S. The second-order valence-corrected chi connectivity index (χ2v) is 7.40. The summed E-state index contributed by atoms with van der Waals surface area (Å²) in [6, 6.07) is 19.2. The van der Waals surface area contributed by atoms with Crippen LogP contribution in [0, 0.1) is 17.2 Å². The lowest BCUT2D eigenvalue weighted by Gasteiger charge is -2.18. The van der Waals surface area contributed by atoms with Crippen LogP contribution in [0.2, 0.25) is 0 Å². The number of benzene rings is 2. The zero-order chi connectivity index (χ0) is 20.4. The van der Waals surface area contributed by atoms with E-state index in [4.69, 9.17) is 4.74 Å². The highest BCUT2D eigenvalue weighted by atomic mass is 32.2. The molecule has 2 heterocycles. The normalized spacial score (nSPS) is 13.0. The van der Waals surface area contributed by atoms with E-state index in [0.29, 0.717) is 5.75 Å². The lowest BCUT2D eigenvalue weighted by molar-refractivity contribution is -0.144. The molecule has 7 heteroatoms. The van der Waals surface area contributed by atoms with E-state index in [1.807, 2.05) is 54.6 Å². The topological polar surface area (TPSA) is 85.0 Å². The molecule has 1 aliphatic rings. The van der Waals surface area contributed by atoms with Crippen molar-refractivity contribution in [3.63, 3.8) is 0 Å². The van der Waals surface area contributed by atoms with Gasteiger partial charge in [-0.25, -0.2) is 4.68 Å². The first-order valence-electron chi connectivity index (χ1n) is 9.15. The molecule has 0 N–H and O–H groups in total. The maximum absolute atomic E-state index is 13.1. The summed E-state index contributed by atoms with van der Waals surface area (Å²) >= 11 is 1.60. The van der Waals surface area contributed by atoms with Crippen molar-refractivity contribution in [3.8, 4) is 23.0 Å². The molecule has 0 fully saturated rings. The van der Waals surface area contributed by atoms with E-state index in [0.717, 1.165) is 27.4 Å². The van der Waals surface area contributed by atoms with Crippen molar-refractivity contribution in [1.82, 2.24) is 9.78 Å². The highest BCUT2D eigenvalue weighted by Crippen LogP contribution is 2.43. The third-order valence-electron chi connectivity index (χ3n) is 4.65. The van der Waals surface area contributed by atoms with Crippen molar-refractivity contribution in [2.45, 2.75) is 17.6 Å². The molecule has 0 spiro atoms. The Kier molecular flexibility index (Phi) is 5.19. The van der Waals surface area contributed by atoms with Gasteiger partial charge in [-0.3, -0.25) is 9.59 Å². The van der Waals surface area contributed by atoms with Gasteiger partial charge in [0, 0.05) is 21.8 Å². The minimum absolute atomic E-state index is 0.101. The SMILES string of the molecule is CCOC(=O)C(C#N)C(=O)c1nn(-c2ccccc2)c2c1CSc1ccccc1-2. The molecule has 6 nitrogen and oxygen atoms in total. The summed E-state index contributed by atoms with van der Waals surface area (Å²) < 4.78 is 6.63. The van der Waals surface area contributed by atoms with Crippen molar-refractivity contribution >= 4 is 23.5 Å². The first-order chi connectivity index (χ1) is 14.2. The Morgan fingerprint density at radius 1 is 1.21 bits per heavy atom. The quantitative estimate of drug-likeness (QED) is 0.363. The number of fused-ring (bicyclic) bond motifs is 3. The van der Waals surface area contributed by atoms with Gasteiger partial charge in [0.15, 0.2) is 0 Å². The summed E-state index contributed by atoms with van der Waals surface area (Å²) in [5.74, 6) is -2.47. The van der Waals surface area contributed by atoms with Crippen molar-refractivity contribution in [2.75, 3.05) is 6.61 Å². The van der Waals surface area contributed by atoms with Crippen molar-refractivity contribution < 1.29 is 14.3 Å². The number of Topliss-reactive ketones (excluding diaryl/α,β-unsaturated/α-hetero) is 1. The molecule has 0 bridgehead atoms. The number of ether oxygens (including phenoxy) is 1. The molecule has 0 saturated heterocycles. The number of esters is 1. The number of nitrogens with zero attached hydrogens (tertiary/aromatic N) is 3. The van der Waals surface area contributed by atoms with Crippen LogP contribution in [0.5, 0.6) is 0 Å². The van der Waals surface area contributed by atoms with Gasteiger partial charge < -0.3 is 4.74 Å². The molecule has 0 amide bonds. The van der Waals surface area contributed by atoms with Crippen molar-refractivity contribution in [2.24, 2.45) is 5.92 Å². The summed E-state index contributed by atoms with van der Waals surface area (Å²) in [6.45, 7) is 1.74. The number of carbonyl (C=O) groups is 2. The van der Waals surface area contributed by atoms with E-state index in [-0.39, 0.29) is 12.3 Å². The van der Waals surface area contributed by atoms with E-state index in [2.05, 4.69) is 5.10 Å². The molecule has 1 aliphatic heterocycles. The Morgan fingerprint density at radius 2 is 1.93 bits per heavy atom. The summed E-state index contributed by atoms with van der Waals surface area (Å²) in [5.41, 5.74) is 3.46. The van der Waals surface area contributed by atoms with Gasteiger partial charge in [-0.2, -0.15) is 10.4 Å². The van der Waals surface area contributed by atoms with Gasteiger partial charge in [-0.15, -0.1) is 11.8 Å². The summed E-state index contributed by atoms with van der Waals surface area (Å²) in [5, 5.41) is 14.0. The number of thioether (sulfide) groups is 1. The van der Waals surface area contributed by atoms with Crippen LogP contribution >= 0.6 is 11.8 Å². The maximum atomic E-state index is 13.1. The van der Waals surface area contributed by atoms with Crippen LogP contribution in [0.15, 0.2) is 59.5 Å². The summed E-state index contributed by atoms with van der Waals surface area (Å²) in [4.78, 5) is 26.3. The molecule has 0 saturated carbocycles. The monoisotopic (exact) mass is 403 g/mol. The van der Waals surface area contributed by atoms with Crippen LogP contribution in [0.4, 0.5) is 0 Å². The second-order valence-electron chi connectivity index (χ2n) is 6.39. The number of carbonyl (C=O) groups excluding carboxylic acids is 2. The highest BCUT2D eigenvalue weighted by molar-refractivity contribution is 7.98.